The Morgan fingerprint density at radius 1 is 1.16 bits per heavy atom. The van der Waals surface area contributed by atoms with Crippen LogP contribution in [0, 0.1) is 0 Å². The number of benzene rings is 1. The van der Waals surface area contributed by atoms with Gasteiger partial charge in [0.25, 0.3) is 0 Å². The zero-order valence-corrected chi connectivity index (χ0v) is 12.4. The highest BCUT2D eigenvalue weighted by Crippen LogP contribution is 2.28. The molecule has 1 rings (SSSR count). The predicted molar refractivity (Wildman–Crippen MR) is 77.0 cm³/mol. The van der Waals surface area contributed by atoms with E-state index in [4.69, 9.17) is 9.47 Å². The van der Waals surface area contributed by atoms with Crippen LogP contribution in [-0.2, 0) is 9.84 Å². The standard InChI is InChI=1S/C13H21NO4S/c1-4-8-19(15,16)9-7-14-12-10-11(17-2)5-6-13(12)18-3/h5-6,10,14H,4,7-9H2,1-3H3. The number of hydrogen-bond acceptors (Lipinski definition) is 5. The van der Waals surface area contributed by atoms with Crippen molar-refractivity contribution in [2.45, 2.75) is 13.3 Å². The fraction of sp³-hybridized carbons (Fsp3) is 0.538. The van der Waals surface area contributed by atoms with Crippen molar-refractivity contribution in [3.8, 4) is 11.5 Å². The fourth-order valence-electron chi connectivity index (χ4n) is 1.71. The van der Waals surface area contributed by atoms with Gasteiger partial charge >= 0.3 is 0 Å². The summed E-state index contributed by atoms with van der Waals surface area (Å²) in [4.78, 5) is 0. The number of rotatable bonds is 8. The topological polar surface area (TPSA) is 64.6 Å². The Labute approximate surface area is 114 Å². The molecule has 1 N–H and O–H groups in total. The summed E-state index contributed by atoms with van der Waals surface area (Å²) in [5.74, 6) is 1.69. The highest BCUT2D eigenvalue weighted by Gasteiger charge is 2.10. The average Bonchev–Trinajstić information content (AvgIpc) is 2.38. The van der Waals surface area contributed by atoms with Gasteiger partial charge < -0.3 is 14.8 Å². The minimum absolute atomic E-state index is 0.112. The first kappa shape index (κ1) is 15.6. The van der Waals surface area contributed by atoms with Crippen molar-refractivity contribution in [3.05, 3.63) is 18.2 Å². The summed E-state index contributed by atoms with van der Waals surface area (Å²) >= 11 is 0. The zero-order valence-electron chi connectivity index (χ0n) is 11.6. The molecule has 0 fully saturated rings. The van der Waals surface area contributed by atoms with Crippen LogP contribution in [0.1, 0.15) is 13.3 Å². The second-order valence-electron chi connectivity index (χ2n) is 4.14. The first-order chi connectivity index (χ1) is 9.02. The number of methoxy groups -OCH3 is 2. The molecule has 6 heteroatoms. The second kappa shape index (κ2) is 7.23. The number of nitrogens with one attached hydrogen (secondary N) is 1. The van der Waals surface area contributed by atoms with E-state index in [0.717, 1.165) is 5.69 Å². The van der Waals surface area contributed by atoms with Gasteiger partial charge in [-0.1, -0.05) is 6.92 Å². The van der Waals surface area contributed by atoms with E-state index < -0.39 is 9.84 Å². The molecule has 0 amide bonds. The fourth-order valence-corrected chi connectivity index (χ4v) is 2.95. The van der Waals surface area contributed by atoms with Gasteiger partial charge in [-0.3, -0.25) is 0 Å². The van der Waals surface area contributed by atoms with Gasteiger partial charge in [0, 0.05) is 18.4 Å². The van der Waals surface area contributed by atoms with Gasteiger partial charge in [-0.15, -0.1) is 0 Å². The highest BCUT2D eigenvalue weighted by molar-refractivity contribution is 7.91. The van der Waals surface area contributed by atoms with Crippen molar-refractivity contribution in [2.24, 2.45) is 0 Å². The summed E-state index contributed by atoms with van der Waals surface area (Å²) < 4.78 is 33.5. The predicted octanol–water partition coefficient (Wildman–Crippen LogP) is 1.94. The lowest BCUT2D eigenvalue weighted by molar-refractivity contribution is 0.404. The van der Waals surface area contributed by atoms with E-state index >= 15 is 0 Å². The molecule has 0 bridgehead atoms. The molecule has 1 aromatic rings. The highest BCUT2D eigenvalue weighted by atomic mass is 32.2. The number of anilines is 1. The summed E-state index contributed by atoms with van der Waals surface area (Å²) in [6.07, 6.45) is 0.644. The molecule has 19 heavy (non-hydrogen) atoms. The van der Waals surface area contributed by atoms with Crippen molar-refractivity contribution in [1.29, 1.82) is 0 Å². The van der Waals surface area contributed by atoms with E-state index in [1.165, 1.54) is 0 Å². The third-order valence-electron chi connectivity index (χ3n) is 2.65. The Bertz CT molecular complexity index is 499. The molecule has 108 valence electrons. The summed E-state index contributed by atoms with van der Waals surface area (Å²) in [6.45, 7) is 2.21. The third kappa shape index (κ3) is 4.98. The van der Waals surface area contributed by atoms with E-state index in [1.807, 2.05) is 6.92 Å². The number of ether oxygens (including phenoxy) is 2. The third-order valence-corrected chi connectivity index (χ3v) is 4.51. The number of sulfone groups is 1. The molecule has 1 aromatic carbocycles. The van der Waals surface area contributed by atoms with Crippen LogP contribution in [-0.4, -0.2) is 40.7 Å². The monoisotopic (exact) mass is 287 g/mol. The lowest BCUT2D eigenvalue weighted by Crippen LogP contribution is -2.18. The van der Waals surface area contributed by atoms with Crippen LogP contribution >= 0.6 is 0 Å². The van der Waals surface area contributed by atoms with Crippen LogP contribution < -0.4 is 14.8 Å². The Kier molecular flexibility index (Phi) is 5.95. The van der Waals surface area contributed by atoms with Crippen LogP contribution in [0.25, 0.3) is 0 Å². The summed E-state index contributed by atoms with van der Waals surface area (Å²) in [6, 6.07) is 5.35. The van der Waals surface area contributed by atoms with Gasteiger partial charge in [-0.2, -0.15) is 0 Å². The van der Waals surface area contributed by atoms with Gasteiger partial charge in [0.1, 0.15) is 11.5 Å². The molecule has 0 unspecified atom stereocenters. The molecule has 0 saturated heterocycles. The first-order valence-electron chi connectivity index (χ1n) is 6.18. The molecular formula is C13H21NO4S. The Hall–Kier alpha value is -1.43. The van der Waals surface area contributed by atoms with E-state index in [0.29, 0.717) is 24.5 Å². The van der Waals surface area contributed by atoms with Gasteiger partial charge in [0.15, 0.2) is 9.84 Å². The smallest absolute Gasteiger partial charge is 0.152 e. The lowest BCUT2D eigenvalue weighted by Gasteiger charge is -2.12. The maximum absolute atomic E-state index is 11.6. The van der Waals surface area contributed by atoms with E-state index in [9.17, 15) is 8.42 Å². The molecular weight excluding hydrogens is 266 g/mol. The van der Waals surface area contributed by atoms with Gasteiger partial charge in [0.05, 0.1) is 25.7 Å². The van der Waals surface area contributed by atoms with Crippen LogP contribution in [0.15, 0.2) is 18.2 Å². The Morgan fingerprint density at radius 3 is 2.47 bits per heavy atom. The largest absolute Gasteiger partial charge is 0.497 e. The molecule has 0 aliphatic carbocycles. The summed E-state index contributed by atoms with van der Waals surface area (Å²) in [5.41, 5.74) is 0.730. The van der Waals surface area contributed by atoms with Crippen molar-refractivity contribution in [1.82, 2.24) is 0 Å². The molecule has 0 heterocycles. The zero-order chi connectivity index (χ0) is 14.3. The minimum atomic E-state index is -2.97. The van der Waals surface area contributed by atoms with Crippen molar-refractivity contribution in [2.75, 3.05) is 37.6 Å². The van der Waals surface area contributed by atoms with Crippen LogP contribution in [0.2, 0.25) is 0 Å². The van der Waals surface area contributed by atoms with E-state index in [-0.39, 0.29) is 11.5 Å². The number of hydrogen-bond donors (Lipinski definition) is 1. The second-order valence-corrected chi connectivity index (χ2v) is 6.45. The van der Waals surface area contributed by atoms with Crippen molar-refractivity contribution in [3.63, 3.8) is 0 Å². The normalized spacial score (nSPS) is 11.1. The Balaban J connectivity index is 2.66. The summed E-state index contributed by atoms with van der Waals surface area (Å²) in [7, 11) is 0.179. The van der Waals surface area contributed by atoms with Crippen molar-refractivity contribution >= 4 is 15.5 Å². The van der Waals surface area contributed by atoms with E-state index in [2.05, 4.69) is 5.32 Å². The average molecular weight is 287 g/mol. The minimum Gasteiger partial charge on any atom is -0.497 e. The molecule has 0 aromatic heterocycles. The lowest BCUT2D eigenvalue weighted by atomic mass is 10.2. The SMILES string of the molecule is CCCS(=O)(=O)CCNc1cc(OC)ccc1OC. The maximum Gasteiger partial charge on any atom is 0.152 e. The van der Waals surface area contributed by atoms with Crippen LogP contribution in [0.5, 0.6) is 11.5 Å². The molecule has 5 nitrogen and oxygen atoms in total. The van der Waals surface area contributed by atoms with Crippen LogP contribution in [0.3, 0.4) is 0 Å². The van der Waals surface area contributed by atoms with Gasteiger partial charge in [-0.05, 0) is 18.6 Å². The Morgan fingerprint density at radius 2 is 1.89 bits per heavy atom. The molecule has 0 aliphatic rings. The van der Waals surface area contributed by atoms with Gasteiger partial charge in [0.2, 0.25) is 0 Å². The maximum atomic E-state index is 11.6. The first-order valence-corrected chi connectivity index (χ1v) is 8.01. The molecule has 0 saturated carbocycles. The molecule has 0 radical (unpaired) electrons. The summed E-state index contributed by atoms with van der Waals surface area (Å²) in [5, 5.41) is 3.07. The molecule has 0 aliphatic heterocycles. The quantitative estimate of drug-likeness (QED) is 0.791. The molecule has 0 spiro atoms. The van der Waals surface area contributed by atoms with Gasteiger partial charge in [-0.25, -0.2) is 8.42 Å². The van der Waals surface area contributed by atoms with E-state index in [1.54, 1.807) is 32.4 Å². The molecule has 0 atom stereocenters. The van der Waals surface area contributed by atoms with Crippen molar-refractivity contribution < 1.29 is 17.9 Å². The van der Waals surface area contributed by atoms with Crippen LogP contribution in [0.4, 0.5) is 5.69 Å².